The Balaban J connectivity index is 1.63. The standard InChI is InChI=1S/C18H16FN3O2S2/c1-2-16(23)20-11-7-8-14-15(9-11)26-18(22-14)25-10-17(24)21-13-6-4-3-5-12(13)19/h3-9H,2,10H2,1H3,(H,20,23)(H,21,24). The molecule has 0 atom stereocenters. The predicted octanol–water partition coefficient (Wildman–Crippen LogP) is 4.51. The molecule has 3 rings (SSSR count). The topological polar surface area (TPSA) is 71.1 Å². The second-order valence-electron chi connectivity index (χ2n) is 5.38. The van der Waals surface area contributed by atoms with Crippen molar-refractivity contribution in [3.63, 3.8) is 0 Å². The van der Waals surface area contributed by atoms with E-state index in [1.807, 2.05) is 12.1 Å². The molecule has 0 saturated carbocycles. The van der Waals surface area contributed by atoms with E-state index in [-0.39, 0.29) is 23.3 Å². The third-order valence-electron chi connectivity index (χ3n) is 3.45. The maximum atomic E-state index is 13.5. The summed E-state index contributed by atoms with van der Waals surface area (Å²) in [7, 11) is 0. The minimum Gasteiger partial charge on any atom is -0.326 e. The Hall–Kier alpha value is -2.45. The van der Waals surface area contributed by atoms with E-state index in [9.17, 15) is 14.0 Å². The quantitative estimate of drug-likeness (QED) is 0.608. The number of hydrogen-bond acceptors (Lipinski definition) is 5. The number of nitrogens with zero attached hydrogens (tertiary/aromatic N) is 1. The number of rotatable bonds is 6. The number of hydrogen-bond donors (Lipinski definition) is 2. The van der Waals surface area contributed by atoms with Crippen molar-refractivity contribution in [3.8, 4) is 0 Å². The van der Waals surface area contributed by atoms with E-state index in [1.54, 1.807) is 25.1 Å². The largest absolute Gasteiger partial charge is 0.326 e. The van der Waals surface area contributed by atoms with Crippen molar-refractivity contribution in [3.05, 3.63) is 48.3 Å². The van der Waals surface area contributed by atoms with E-state index in [1.165, 1.54) is 35.2 Å². The summed E-state index contributed by atoms with van der Waals surface area (Å²) >= 11 is 2.73. The van der Waals surface area contributed by atoms with E-state index in [2.05, 4.69) is 15.6 Å². The van der Waals surface area contributed by atoms with Gasteiger partial charge in [0.25, 0.3) is 0 Å². The molecule has 3 aromatic rings. The van der Waals surface area contributed by atoms with Crippen LogP contribution in [0.1, 0.15) is 13.3 Å². The van der Waals surface area contributed by atoms with Gasteiger partial charge in [0.15, 0.2) is 4.34 Å². The van der Waals surface area contributed by atoms with Crippen LogP contribution in [-0.4, -0.2) is 22.6 Å². The summed E-state index contributed by atoms with van der Waals surface area (Å²) in [6, 6.07) is 11.5. The van der Waals surface area contributed by atoms with Crippen LogP contribution in [0.15, 0.2) is 46.8 Å². The van der Waals surface area contributed by atoms with Crippen molar-refractivity contribution in [1.29, 1.82) is 0 Å². The zero-order chi connectivity index (χ0) is 18.5. The number of halogens is 1. The minimum absolute atomic E-state index is 0.0479. The maximum absolute atomic E-state index is 13.5. The zero-order valence-corrected chi connectivity index (χ0v) is 15.5. The van der Waals surface area contributed by atoms with Gasteiger partial charge in [-0.05, 0) is 30.3 Å². The van der Waals surface area contributed by atoms with Gasteiger partial charge in [0, 0.05) is 12.1 Å². The first kappa shape index (κ1) is 18.3. The molecule has 5 nitrogen and oxygen atoms in total. The number of benzene rings is 2. The normalized spacial score (nSPS) is 10.7. The van der Waals surface area contributed by atoms with Crippen LogP contribution < -0.4 is 10.6 Å². The molecule has 0 aliphatic rings. The predicted molar refractivity (Wildman–Crippen MR) is 104 cm³/mol. The van der Waals surface area contributed by atoms with Gasteiger partial charge in [0.05, 0.1) is 21.7 Å². The molecule has 0 aliphatic carbocycles. The van der Waals surface area contributed by atoms with Crippen molar-refractivity contribution < 1.29 is 14.0 Å². The second-order valence-corrected chi connectivity index (χ2v) is 7.63. The molecule has 8 heteroatoms. The molecule has 0 saturated heterocycles. The van der Waals surface area contributed by atoms with E-state index < -0.39 is 5.82 Å². The van der Waals surface area contributed by atoms with Crippen LogP contribution in [0.25, 0.3) is 10.2 Å². The fourth-order valence-corrected chi connectivity index (χ4v) is 4.08. The number of aromatic nitrogens is 1. The smallest absolute Gasteiger partial charge is 0.234 e. The Morgan fingerprint density at radius 3 is 2.73 bits per heavy atom. The van der Waals surface area contributed by atoms with Crippen LogP contribution >= 0.6 is 23.1 Å². The number of carbonyl (C=O) groups excluding carboxylic acids is 2. The molecular formula is C18H16FN3O2S2. The van der Waals surface area contributed by atoms with Crippen molar-refractivity contribution in [2.75, 3.05) is 16.4 Å². The first-order valence-corrected chi connectivity index (χ1v) is 9.73. The third-order valence-corrected chi connectivity index (χ3v) is 5.61. The number of amides is 2. The van der Waals surface area contributed by atoms with Crippen LogP contribution in [0.5, 0.6) is 0 Å². The summed E-state index contributed by atoms with van der Waals surface area (Å²) < 4.78 is 15.2. The van der Waals surface area contributed by atoms with Crippen LogP contribution in [0, 0.1) is 5.82 Å². The number of para-hydroxylation sites is 1. The molecule has 0 radical (unpaired) electrons. The van der Waals surface area contributed by atoms with Gasteiger partial charge < -0.3 is 10.6 Å². The summed E-state index contributed by atoms with van der Waals surface area (Å²) in [5, 5.41) is 5.36. The molecule has 0 spiro atoms. The van der Waals surface area contributed by atoms with Crippen LogP contribution in [0.3, 0.4) is 0 Å². The Kier molecular flexibility index (Phi) is 5.85. The third kappa shape index (κ3) is 4.59. The van der Waals surface area contributed by atoms with E-state index in [0.717, 1.165) is 20.2 Å². The molecule has 1 aromatic heterocycles. The van der Waals surface area contributed by atoms with Crippen molar-refractivity contribution in [2.45, 2.75) is 17.7 Å². The lowest BCUT2D eigenvalue weighted by atomic mass is 10.3. The monoisotopic (exact) mass is 389 g/mol. The Morgan fingerprint density at radius 1 is 1.15 bits per heavy atom. The van der Waals surface area contributed by atoms with Gasteiger partial charge in [-0.1, -0.05) is 30.8 Å². The average molecular weight is 389 g/mol. The number of anilines is 2. The lowest BCUT2D eigenvalue weighted by Gasteiger charge is -2.04. The summed E-state index contributed by atoms with van der Waals surface area (Å²) in [5.41, 5.74) is 1.70. The molecule has 26 heavy (non-hydrogen) atoms. The Morgan fingerprint density at radius 2 is 1.96 bits per heavy atom. The highest BCUT2D eigenvalue weighted by atomic mass is 32.2. The number of thioether (sulfide) groups is 1. The van der Waals surface area contributed by atoms with Gasteiger partial charge in [-0.15, -0.1) is 11.3 Å². The van der Waals surface area contributed by atoms with E-state index in [0.29, 0.717) is 6.42 Å². The summed E-state index contributed by atoms with van der Waals surface area (Å²) in [5.74, 6) is -0.677. The van der Waals surface area contributed by atoms with Gasteiger partial charge in [-0.3, -0.25) is 9.59 Å². The van der Waals surface area contributed by atoms with Crippen molar-refractivity contribution >= 4 is 56.5 Å². The Labute approximate surface area is 158 Å². The number of carbonyl (C=O) groups is 2. The maximum Gasteiger partial charge on any atom is 0.234 e. The van der Waals surface area contributed by atoms with Crippen molar-refractivity contribution in [1.82, 2.24) is 4.98 Å². The van der Waals surface area contributed by atoms with Crippen molar-refractivity contribution in [2.24, 2.45) is 0 Å². The lowest BCUT2D eigenvalue weighted by Crippen LogP contribution is -2.14. The molecule has 0 fully saturated rings. The molecule has 1 heterocycles. The zero-order valence-electron chi connectivity index (χ0n) is 13.9. The van der Waals surface area contributed by atoms with Gasteiger partial charge in [-0.2, -0.15) is 0 Å². The molecule has 2 N–H and O–H groups in total. The summed E-state index contributed by atoms with van der Waals surface area (Å²) in [4.78, 5) is 27.9. The lowest BCUT2D eigenvalue weighted by molar-refractivity contribution is -0.116. The molecule has 0 unspecified atom stereocenters. The van der Waals surface area contributed by atoms with Crippen LogP contribution in [0.4, 0.5) is 15.8 Å². The van der Waals surface area contributed by atoms with Gasteiger partial charge >= 0.3 is 0 Å². The highest BCUT2D eigenvalue weighted by Gasteiger charge is 2.10. The summed E-state index contributed by atoms with van der Waals surface area (Å²) in [6.45, 7) is 1.79. The molecule has 134 valence electrons. The fraction of sp³-hybridized carbons (Fsp3) is 0.167. The first-order valence-electron chi connectivity index (χ1n) is 7.93. The highest BCUT2D eigenvalue weighted by molar-refractivity contribution is 8.01. The molecule has 0 aliphatic heterocycles. The highest BCUT2D eigenvalue weighted by Crippen LogP contribution is 2.31. The fourth-order valence-electron chi connectivity index (χ4n) is 2.17. The molecule has 2 aromatic carbocycles. The van der Waals surface area contributed by atoms with Gasteiger partial charge in [-0.25, -0.2) is 9.37 Å². The average Bonchev–Trinajstić information content (AvgIpc) is 3.04. The molecule has 2 amide bonds. The number of fused-ring (bicyclic) bond motifs is 1. The first-order chi connectivity index (χ1) is 12.5. The van der Waals surface area contributed by atoms with Gasteiger partial charge in [0.1, 0.15) is 5.82 Å². The van der Waals surface area contributed by atoms with E-state index in [4.69, 9.17) is 0 Å². The Bertz CT molecular complexity index is 959. The summed E-state index contributed by atoms with van der Waals surface area (Å²) in [6.07, 6.45) is 0.416. The van der Waals surface area contributed by atoms with Crippen LogP contribution in [-0.2, 0) is 9.59 Å². The number of nitrogens with one attached hydrogen (secondary N) is 2. The number of thiazole rings is 1. The second kappa shape index (κ2) is 8.29. The molecular weight excluding hydrogens is 373 g/mol. The van der Waals surface area contributed by atoms with E-state index >= 15 is 0 Å². The van der Waals surface area contributed by atoms with Crippen LogP contribution in [0.2, 0.25) is 0 Å². The van der Waals surface area contributed by atoms with Gasteiger partial charge in [0.2, 0.25) is 11.8 Å². The SMILES string of the molecule is CCC(=O)Nc1ccc2nc(SCC(=O)Nc3ccccc3F)sc2c1. The minimum atomic E-state index is -0.465. The molecule has 0 bridgehead atoms.